The number of ether oxygens (including phenoxy) is 1. The molecule has 1 saturated heterocycles. The first kappa shape index (κ1) is 21.6. The van der Waals surface area contributed by atoms with E-state index >= 15 is 0 Å². The average molecular weight is 461 g/mol. The number of hydrogen-bond donors (Lipinski definition) is 3. The largest absolute Gasteiger partial charge is 0.480 e. The highest BCUT2D eigenvalue weighted by Crippen LogP contribution is 2.44. The van der Waals surface area contributed by atoms with Crippen molar-refractivity contribution in [2.45, 2.75) is 31.2 Å². The summed E-state index contributed by atoms with van der Waals surface area (Å²) in [7, 11) is 0. The molecule has 1 fully saturated rings. The Kier molecular flexibility index (Phi) is 5.70. The number of amides is 2. The van der Waals surface area contributed by atoms with E-state index in [2.05, 4.69) is 32.6 Å². The Bertz CT molecular complexity index is 1210. The summed E-state index contributed by atoms with van der Waals surface area (Å²) in [5.74, 6) is -1.97. The third-order valence-electron chi connectivity index (χ3n) is 6.29. The number of aromatic nitrogens is 3. The molecule has 0 radical (unpaired) electrons. The topological polar surface area (TPSA) is 138 Å². The molecule has 2 amide bonds. The van der Waals surface area contributed by atoms with Crippen molar-refractivity contribution in [3.8, 4) is 11.1 Å². The van der Waals surface area contributed by atoms with Gasteiger partial charge in [-0.1, -0.05) is 48.5 Å². The van der Waals surface area contributed by atoms with E-state index in [1.165, 1.54) is 4.90 Å². The minimum absolute atomic E-state index is 0.0884. The monoisotopic (exact) mass is 461 g/mol. The molecule has 0 unspecified atom stereocenters. The van der Waals surface area contributed by atoms with Crippen molar-refractivity contribution in [2.24, 2.45) is 0 Å². The van der Waals surface area contributed by atoms with Crippen LogP contribution in [0.5, 0.6) is 0 Å². The molecule has 2 aromatic carbocycles. The molecule has 1 aromatic heterocycles. The Morgan fingerprint density at radius 1 is 1.06 bits per heavy atom. The molecule has 3 N–H and O–H groups in total. The van der Waals surface area contributed by atoms with Gasteiger partial charge in [0.2, 0.25) is 5.82 Å². The maximum Gasteiger partial charge on any atom is 0.414 e. The number of benzene rings is 2. The van der Waals surface area contributed by atoms with Gasteiger partial charge in [-0.2, -0.15) is 4.98 Å². The van der Waals surface area contributed by atoms with Gasteiger partial charge in [-0.05, 0) is 41.5 Å². The molecule has 0 spiro atoms. The number of rotatable bonds is 5. The van der Waals surface area contributed by atoms with E-state index in [-0.39, 0.29) is 24.3 Å². The predicted molar refractivity (Wildman–Crippen MR) is 121 cm³/mol. The van der Waals surface area contributed by atoms with Gasteiger partial charge in [0.25, 0.3) is 11.9 Å². The van der Waals surface area contributed by atoms with Gasteiger partial charge in [-0.3, -0.25) is 15.2 Å². The summed E-state index contributed by atoms with van der Waals surface area (Å²) in [5.41, 5.74) is 4.44. The SMILES string of the molecule is O=C(Nc1n[nH]c(C(=O)N2CCCC[C@@H]2C(=O)O)n1)OCC1c2ccccc2-c2ccccc21. The normalized spacial score (nSPS) is 17.1. The summed E-state index contributed by atoms with van der Waals surface area (Å²) < 4.78 is 5.46. The highest BCUT2D eigenvalue weighted by molar-refractivity contribution is 5.94. The second-order valence-corrected chi connectivity index (χ2v) is 8.31. The van der Waals surface area contributed by atoms with Crippen molar-refractivity contribution in [3.05, 3.63) is 65.5 Å². The second kappa shape index (κ2) is 8.97. The van der Waals surface area contributed by atoms with Gasteiger partial charge in [-0.25, -0.2) is 9.59 Å². The van der Waals surface area contributed by atoms with Gasteiger partial charge in [-0.15, -0.1) is 5.10 Å². The van der Waals surface area contributed by atoms with Gasteiger partial charge < -0.3 is 14.7 Å². The first-order valence-corrected chi connectivity index (χ1v) is 11.1. The number of aliphatic carboxylic acids is 1. The van der Waals surface area contributed by atoms with Crippen molar-refractivity contribution >= 4 is 23.9 Å². The molecule has 10 nitrogen and oxygen atoms in total. The number of fused-ring (bicyclic) bond motifs is 3. The Morgan fingerprint density at radius 2 is 1.74 bits per heavy atom. The van der Waals surface area contributed by atoms with Crippen molar-refractivity contribution in [1.29, 1.82) is 0 Å². The van der Waals surface area contributed by atoms with Crippen LogP contribution in [-0.4, -0.2) is 62.4 Å². The lowest BCUT2D eigenvalue weighted by Gasteiger charge is -2.32. The molecule has 1 aliphatic heterocycles. The number of aromatic amines is 1. The highest BCUT2D eigenvalue weighted by atomic mass is 16.5. The molecule has 10 heteroatoms. The Morgan fingerprint density at radius 3 is 2.41 bits per heavy atom. The summed E-state index contributed by atoms with van der Waals surface area (Å²) in [6.45, 7) is 0.454. The number of carbonyl (C=O) groups is 3. The number of carbonyl (C=O) groups excluding carboxylic acids is 2. The van der Waals surface area contributed by atoms with Crippen LogP contribution in [0, 0.1) is 0 Å². The van der Waals surface area contributed by atoms with Crippen molar-refractivity contribution < 1.29 is 24.2 Å². The van der Waals surface area contributed by atoms with E-state index in [9.17, 15) is 19.5 Å². The van der Waals surface area contributed by atoms with Gasteiger partial charge in [0.15, 0.2) is 0 Å². The van der Waals surface area contributed by atoms with Crippen LogP contribution in [0.25, 0.3) is 11.1 Å². The molecule has 0 bridgehead atoms. The summed E-state index contributed by atoms with van der Waals surface area (Å²) >= 11 is 0. The lowest BCUT2D eigenvalue weighted by Crippen LogP contribution is -2.48. The molecular formula is C24H23N5O5. The maximum absolute atomic E-state index is 12.7. The van der Waals surface area contributed by atoms with E-state index < -0.39 is 24.0 Å². The number of nitrogens with zero attached hydrogens (tertiary/aromatic N) is 3. The number of likely N-dealkylation sites (tertiary alicyclic amines) is 1. The first-order chi connectivity index (χ1) is 16.5. The zero-order chi connectivity index (χ0) is 23.7. The average Bonchev–Trinajstić information content (AvgIpc) is 3.45. The van der Waals surface area contributed by atoms with E-state index in [1.54, 1.807) is 0 Å². The number of anilines is 1. The Hall–Kier alpha value is -4.21. The molecule has 174 valence electrons. The fourth-order valence-corrected chi connectivity index (χ4v) is 4.71. The lowest BCUT2D eigenvalue weighted by atomic mass is 9.98. The molecule has 2 aliphatic rings. The number of piperidine rings is 1. The number of hydrogen-bond acceptors (Lipinski definition) is 6. The van der Waals surface area contributed by atoms with Crippen molar-refractivity contribution in [3.63, 3.8) is 0 Å². The molecule has 34 heavy (non-hydrogen) atoms. The van der Waals surface area contributed by atoms with Crippen LogP contribution in [0.3, 0.4) is 0 Å². The number of H-pyrrole nitrogens is 1. The summed E-state index contributed by atoms with van der Waals surface area (Å²) in [5, 5.41) is 18.1. The molecule has 5 rings (SSSR count). The van der Waals surface area contributed by atoms with Crippen LogP contribution in [0.4, 0.5) is 10.7 Å². The summed E-state index contributed by atoms with van der Waals surface area (Å²) in [4.78, 5) is 41.9. The molecule has 0 saturated carbocycles. The molecule has 3 aromatic rings. The van der Waals surface area contributed by atoms with Crippen LogP contribution in [-0.2, 0) is 9.53 Å². The predicted octanol–water partition coefficient (Wildman–Crippen LogP) is 3.25. The molecule has 1 aliphatic carbocycles. The zero-order valence-electron chi connectivity index (χ0n) is 18.2. The molecule has 2 heterocycles. The third-order valence-corrected chi connectivity index (χ3v) is 6.29. The number of carboxylic acid groups (broad SMARTS) is 1. The van der Waals surface area contributed by atoms with Gasteiger partial charge in [0.05, 0.1) is 0 Å². The lowest BCUT2D eigenvalue weighted by molar-refractivity contribution is -0.143. The fraction of sp³-hybridized carbons (Fsp3) is 0.292. The smallest absolute Gasteiger partial charge is 0.414 e. The second-order valence-electron chi connectivity index (χ2n) is 8.31. The zero-order valence-corrected chi connectivity index (χ0v) is 18.2. The fourth-order valence-electron chi connectivity index (χ4n) is 4.71. The highest BCUT2D eigenvalue weighted by Gasteiger charge is 2.34. The number of nitrogens with one attached hydrogen (secondary N) is 2. The maximum atomic E-state index is 12.7. The first-order valence-electron chi connectivity index (χ1n) is 11.1. The minimum atomic E-state index is -1.05. The van der Waals surface area contributed by atoms with Crippen LogP contribution >= 0.6 is 0 Å². The van der Waals surface area contributed by atoms with E-state index in [1.807, 2.05) is 36.4 Å². The van der Waals surface area contributed by atoms with Crippen LogP contribution in [0.15, 0.2) is 48.5 Å². The Labute approximate surface area is 195 Å². The summed E-state index contributed by atoms with van der Waals surface area (Å²) in [6.07, 6.45) is 1.10. The van der Waals surface area contributed by atoms with E-state index in [4.69, 9.17) is 4.74 Å². The molecular weight excluding hydrogens is 438 g/mol. The minimum Gasteiger partial charge on any atom is -0.480 e. The third kappa shape index (κ3) is 3.98. The van der Waals surface area contributed by atoms with Crippen molar-refractivity contribution in [2.75, 3.05) is 18.5 Å². The van der Waals surface area contributed by atoms with Crippen LogP contribution in [0.2, 0.25) is 0 Å². The number of carboxylic acids is 1. The molecule has 1 atom stereocenters. The van der Waals surface area contributed by atoms with Crippen LogP contribution < -0.4 is 5.32 Å². The quantitative estimate of drug-likeness (QED) is 0.530. The van der Waals surface area contributed by atoms with E-state index in [0.717, 1.165) is 28.7 Å². The van der Waals surface area contributed by atoms with Gasteiger partial charge >= 0.3 is 12.1 Å². The van der Waals surface area contributed by atoms with Crippen LogP contribution in [0.1, 0.15) is 46.9 Å². The summed E-state index contributed by atoms with van der Waals surface area (Å²) in [6, 6.07) is 15.1. The Balaban J connectivity index is 1.23. The van der Waals surface area contributed by atoms with Gasteiger partial charge in [0.1, 0.15) is 12.6 Å². The van der Waals surface area contributed by atoms with Crippen molar-refractivity contribution in [1.82, 2.24) is 20.1 Å². The van der Waals surface area contributed by atoms with E-state index in [0.29, 0.717) is 19.4 Å². The van der Waals surface area contributed by atoms with Gasteiger partial charge in [0, 0.05) is 12.5 Å². The standard InChI is InChI=1S/C24H23N5O5/c30-21(29-12-6-5-11-19(29)22(31)32)20-25-23(28-27-20)26-24(33)34-13-18-16-9-3-1-7-14(16)15-8-2-4-10-17(15)18/h1-4,7-10,18-19H,5-6,11-13H2,(H,31,32)(H2,25,26,27,28,33)/t19-/m1/s1.